The zero-order valence-electron chi connectivity index (χ0n) is 56.2. The van der Waals surface area contributed by atoms with Crippen LogP contribution >= 0.6 is 0 Å². The maximum absolute atomic E-state index is 12.9. The van der Waals surface area contributed by atoms with Crippen LogP contribution in [0.4, 0.5) is 0 Å². The van der Waals surface area contributed by atoms with Crippen LogP contribution in [0.25, 0.3) is 0 Å². The van der Waals surface area contributed by atoms with Crippen LogP contribution in [-0.2, 0) is 28.6 Å². The van der Waals surface area contributed by atoms with E-state index in [-0.39, 0.29) is 31.1 Å². The third kappa shape index (κ3) is 70.3. The van der Waals surface area contributed by atoms with E-state index in [9.17, 15) is 14.4 Å². The zero-order chi connectivity index (χ0) is 59.9. The van der Waals surface area contributed by atoms with Crippen LogP contribution in [0.2, 0.25) is 0 Å². The molecule has 0 saturated heterocycles. The topological polar surface area (TPSA) is 78.9 Å². The fourth-order valence-corrected chi connectivity index (χ4v) is 11.5. The Morgan fingerprint density at radius 1 is 0.241 bits per heavy atom. The van der Waals surface area contributed by atoms with Crippen LogP contribution in [0.5, 0.6) is 0 Å². The predicted octanol–water partition coefficient (Wildman–Crippen LogP) is 25.9. The summed E-state index contributed by atoms with van der Waals surface area (Å²) < 4.78 is 17.0. The highest BCUT2D eigenvalue weighted by Gasteiger charge is 2.20. The number of ether oxygens (including phenoxy) is 3. The molecule has 0 aliphatic carbocycles. The van der Waals surface area contributed by atoms with Crippen molar-refractivity contribution in [2.75, 3.05) is 13.2 Å². The highest BCUT2D eigenvalue weighted by Crippen LogP contribution is 2.19. The summed E-state index contributed by atoms with van der Waals surface area (Å²) in [6.07, 6.45) is 90.5. The summed E-state index contributed by atoms with van der Waals surface area (Å²) in [6, 6.07) is 0. The molecule has 83 heavy (non-hydrogen) atoms. The standard InChI is InChI=1S/C77H144O6/c1-4-7-10-13-16-19-22-25-28-30-32-33-34-35-36-37-38-39-40-41-42-43-44-45-46-48-49-52-55-58-61-64-67-70-76(79)82-73-74(72-81-75(78)69-66-63-60-57-54-51-27-24-21-18-15-12-9-6-3)83-77(80)71-68-65-62-59-56-53-50-47-31-29-26-23-20-17-14-11-8-5-2/h20,23,29-32,74H,4-19,21-22,24-28,33-73H2,1-3H3/b23-20-,31-29-,32-30-. The molecule has 0 heterocycles. The molecule has 0 aromatic heterocycles. The van der Waals surface area contributed by atoms with Crippen LogP contribution in [-0.4, -0.2) is 37.2 Å². The number of hydrogen-bond donors (Lipinski definition) is 0. The molecule has 0 aliphatic rings. The van der Waals surface area contributed by atoms with Gasteiger partial charge in [0.05, 0.1) is 0 Å². The summed E-state index contributed by atoms with van der Waals surface area (Å²) >= 11 is 0. The lowest BCUT2D eigenvalue weighted by Crippen LogP contribution is -2.30. The third-order valence-electron chi connectivity index (χ3n) is 17.1. The van der Waals surface area contributed by atoms with E-state index < -0.39 is 6.10 Å². The van der Waals surface area contributed by atoms with E-state index in [2.05, 4.69) is 57.2 Å². The van der Waals surface area contributed by atoms with Crippen molar-refractivity contribution >= 4 is 17.9 Å². The first kappa shape index (κ1) is 80.6. The van der Waals surface area contributed by atoms with Crippen molar-refractivity contribution in [3.05, 3.63) is 36.5 Å². The van der Waals surface area contributed by atoms with E-state index in [0.29, 0.717) is 19.3 Å². The summed E-state index contributed by atoms with van der Waals surface area (Å²) in [5, 5.41) is 0. The van der Waals surface area contributed by atoms with Crippen molar-refractivity contribution in [1.82, 2.24) is 0 Å². The highest BCUT2D eigenvalue weighted by atomic mass is 16.6. The minimum absolute atomic E-state index is 0.0694. The highest BCUT2D eigenvalue weighted by molar-refractivity contribution is 5.71. The number of allylic oxidation sites excluding steroid dienone is 6. The van der Waals surface area contributed by atoms with Gasteiger partial charge < -0.3 is 14.2 Å². The van der Waals surface area contributed by atoms with Crippen molar-refractivity contribution in [1.29, 1.82) is 0 Å². The van der Waals surface area contributed by atoms with Crippen LogP contribution < -0.4 is 0 Å². The lowest BCUT2D eigenvalue weighted by atomic mass is 10.0. The van der Waals surface area contributed by atoms with Crippen molar-refractivity contribution < 1.29 is 28.6 Å². The lowest BCUT2D eigenvalue weighted by Gasteiger charge is -2.18. The van der Waals surface area contributed by atoms with E-state index in [1.54, 1.807) is 0 Å². The molecule has 0 N–H and O–H groups in total. The van der Waals surface area contributed by atoms with E-state index >= 15 is 0 Å². The summed E-state index contributed by atoms with van der Waals surface area (Å²) in [5.41, 5.74) is 0. The molecule has 0 saturated carbocycles. The van der Waals surface area contributed by atoms with E-state index in [4.69, 9.17) is 14.2 Å². The Labute approximate surface area is 518 Å². The van der Waals surface area contributed by atoms with Crippen molar-refractivity contribution in [3.8, 4) is 0 Å². The monoisotopic (exact) mass is 1170 g/mol. The normalized spacial score (nSPS) is 12.2. The van der Waals surface area contributed by atoms with Gasteiger partial charge in [-0.05, 0) is 77.0 Å². The Balaban J connectivity index is 4.13. The average molecular weight is 1170 g/mol. The van der Waals surface area contributed by atoms with Crippen molar-refractivity contribution in [3.63, 3.8) is 0 Å². The first-order chi connectivity index (χ1) is 41.0. The van der Waals surface area contributed by atoms with Gasteiger partial charge in [0.15, 0.2) is 6.10 Å². The van der Waals surface area contributed by atoms with Gasteiger partial charge in [0, 0.05) is 19.3 Å². The number of esters is 3. The van der Waals surface area contributed by atoms with E-state index in [1.807, 2.05) is 0 Å². The van der Waals surface area contributed by atoms with Crippen molar-refractivity contribution in [2.24, 2.45) is 0 Å². The molecule has 6 heteroatoms. The van der Waals surface area contributed by atoms with Gasteiger partial charge in [0.2, 0.25) is 0 Å². The molecule has 0 fully saturated rings. The van der Waals surface area contributed by atoms with Crippen LogP contribution in [0.1, 0.15) is 419 Å². The Hall–Kier alpha value is -2.37. The SMILES string of the molecule is CCCCCC/C=C\C/C=C\CCCCCCCCCC(=O)OC(COC(=O)CCCCCCCCCCCCCCCC)COC(=O)CCCCCCCCCCCCCCCCCCCCCCC/C=C\CCCCCCCCCC. The van der Waals surface area contributed by atoms with E-state index in [0.717, 1.165) is 70.6 Å². The van der Waals surface area contributed by atoms with Gasteiger partial charge in [-0.3, -0.25) is 14.4 Å². The molecular formula is C77H144O6. The minimum Gasteiger partial charge on any atom is -0.462 e. The Kier molecular flexibility index (Phi) is 70.0. The number of rotatable bonds is 70. The van der Waals surface area contributed by atoms with Crippen molar-refractivity contribution in [2.45, 2.75) is 425 Å². The first-order valence-corrected chi connectivity index (χ1v) is 37.5. The van der Waals surface area contributed by atoms with Gasteiger partial charge in [0.1, 0.15) is 13.2 Å². The number of carbonyl (C=O) groups is 3. The molecule has 0 spiro atoms. The Morgan fingerprint density at radius 3 is 0.687 bits per heavy atom. The quantitative estimate of drug-likeness (QED) is 0.0261. The van der Waals surface area contributed by atoms with Gasteiger partial charge in [0.25, 0.3) is 0 Å². The Bertz CT molecular complexity index is 1380. The van der Waals surface area contributed by atoms with Gasteiger partial charge in [-0.1, -0.05) is 359 Å². The molecule has 1 atom stereocenters. The van der Waals surface area contributed by atoms with Crippen LogP contribution in [0.3, 0.4) is 0 Å². The van der Waals surface area contributed by atoms with Gasteiger partial charge in [-0.25, -0.2) is 0 Å². The zero-order valence-corrected chi connectivity index (χ0v) is 56.2. The van der Waals surface area contributed by atoms with Gasteiger partial charge in [-0.2, -0.15) is 0 Å². The second kappa shape index (κ2) is 72.1. The second-order valence-corrected chi connectivity index (χ2v) is 25.6. The lowest BCUT2D eigenvalue weighted by molar-refractivity contribution is -0.167. The molecule has 0 radical (unpaired) electrons. The summed E-state index contributed by atoms with van der Waals surface area (Å²) in [5.74, 6) is -0.846. The van der Waals surface area contributed by atoms with Crippen LogP contribution in [0, 0.1) is 0 Å². The molecule has 0 rings (SSSR count). The molecule has 0 aliphatic heterocycles. The Morgan fingerprint density at radius 2 is 0.434 bits per heavy atom. The molecular weight excluding hydrogens is 1020 g/mol. The van der Waals surface area contributed by atoms with Crippen LogP contribution in [0.15, 0.2) is 36.5 Å². The summed E-state index contributed by atoms with van der Waals surface area (Å²) in [6.45, 7) is 6.69. The first-order valence-electron chi connectivity index (χ1n) is 37.5. The molecule has 0 amide bonds. The minimum atomic E-state index is -0.774. The third-order valence-corrected chi connectivity index (χ3v) is 17.1. The number of carbonyl (C=O) groups excluding carboxylic acids is 3. The number of hydrogen-bond acceptors (Lipinski definition) is 6. The fraction of sp³-hybridized carbons (Fsp3) is 0.883. The molecule has 0 aromatic rings. The average Bonchev–Trinajstić information content (AvgIpc) is 3.49. The number of unbranched alkanes of at least 4 members (excludes halogenated alkanes) is 53. The molecule has 0 bridgehead atoms. The molecule has 6 nitrogen and oxygen atoms in total. The summed E-state index contributed by atoms with van der Waals surface area (Å²) in [7, 11) is 0. The maximum atomic E-state index is 12.9. The largest absolute Gasteiger partial charge is 0.462 e. The fourth-order valence-electron chi connectivity index (χ4n) is 11.5. The second-order valence-electron chi connectivity index (χ2n) is 25.6. The smallest absolute Gasteiger partial charge is 0.306 e. The van der Waals surface area contributed by atoms with E-state index in [1.165, 1.54) is 308 Å². The summed E-state index contributed by atoms with van der Waals surface area (Å²) in [4.78, 5) is 38.4. The van der Waals surface area contributed by atoms with Gasteiger partial charge in [-0.15, -0.1) is 0 Å². The molecule has 488 valence electrons. The predicted molar refractivity (Wildman–Crippen MR) is 362 cm³/mol. The maximum Gasteiger partial charge on any atom is 0.306 e. The van der Waals surface area contributed by atoms with Gasteiger partial charge >= 0.3 is 17.9 Å². The molecule has 1 unspecified atom stereocenters. The molecule has 0 aromatic carbocycles.